The van der Waals surface area contributed by atoms with E-state index < -0.39 is 0 Å². The Kier molecular flexibility index (Phi) is 6.16. The first kappa shape index (κ1) is 20.8. The summed E-state index contributed by atoms with van der Waals surface area (Å²) in [5, 5.41) is 5.90. The molecule has 0 aliphatic rings. The molecule has 0 saturated heterocycles. The fraction of sp³-hybridized carbons (Fsp3) is 0.174. The van der Waals surface area contributed by atoms with Crippen molar-refractivity contribution in [2.75, 3.05) is 13.7 Å². The summed E-state index contributed by atoms with van der Waals surface area (Å²) in [6, 6.07) is 16.1. The van der Waals surface area contributed by atoms with Gasteiger partial charge in [-0.1, -0.05) is 23.7 Å². The Morgan fingerprint density at radius 3 is 2.74 bits per heavy atom. The summed E-state index contributed by atoms with van der Waals surface area (Å²) >= 11 is 6.26. The lowest BCUT2D eigenvalue weighted by Crippen LogP contribution is -2.25. The minimum atomic E-state index is -0.207. The lowest BCUT2D eigenvalue weighted by molar-refractivity contribution is 0.291. The Labute approximate surface area is 184 Å². The van der Waals surface area contributed by atoms with Crippen molar-refractivity contribution in [1.82, 2.24) is 14.8 Å². The first-order valence-electron chi connectivity index (χ1n) is 9.71. The van der Waals surface area contributed by atoms with Crippen LogP contribution in [0.1, 0.15) is 5.56 Å². The Morgan fingerprint density at radius 1 is 1.10 bits per heavy atom. The molecule has 0 aliphatic carbocycles. The van der Waals surface area contributed by atoms with Crippen molar-refractivity contribution in [1.29, 1.82) is 0 Å². The Morgan fingerprint density at radius 2 is 1.97 bits per heavy atom. The fourth-order valence-corrected chi connectivity index (χ4v) is 3.49. The predicted octanol–water partition coefficient (Wildman–Crippen LogP) is 3.66. The average Bonchev–Trinajstić information content (AvgIpc) is 2.80. The summed E-state index contributed by atoms with van der Waals surface area (Å²) in [5.74, 6) is 1.41. The Balaban J connectivity index is 1.52. The minimum Gasteiger partial charge on any atom is -0.497 e. The summed E-state index contributed by atoms with van der Waals surface area (Å²) < 4.78 is 12.6. The molecule has 0 radical (unpaired) electrons. The maximum Gasteiger partial charge on any atom is 0.266 e. The second-order valence-corrected chi connectivity index (χ2v) is 7.24. The Bertz CT molecular complexity index is 1290. The van der Waals surface area contributed by atoms with Crippen LogP contribution in [0, 0.1) is 0 Å². The summed E-state index contributed by atoms with van der Waals surface area (Å²) in [4.78, 5) is 16.6. The number of methoxy groups -OCH3 is 1. The predicted molar refractivity (Wildman–Crippen MR) is 121 cm³/mol. The van der Waals surface area contributed by atoms with Crippen LogP contribution >= 0.6 is 11.6 Å². The molecule has 0 amide bonds. The van der Waals surface area contributed by atoms with Gasteiger partial charge in [-0.3, -0.25) is 9.78 Å². The third-order valence-corrected chi connectivity index (χ3v) is 5.26. The zero-order chi connectivity index (χ0) is 21.8. The van der Waals surface area contributed by atoms with Gasteiger partial charge in [0.05, 0.1) is 24.9 Å². The van der Waals surface area contributed by atoms with Crippen LogP contribution in [0.4, 0.5) is 0 Å². The van der Waals surface area contributed by atoms with Gasteiger partial charge < -0.3 is 15.2 Å². The van der Waals surface area contributed by atoms with Crippen molar-refractivity contribution in [2.24, 2.45) is 5.73 Å². The second kappa shape index (κ2) is 9.16. The molecule has 2 heterocycles. The van der Waals surface area contributed by atoms with Crippen LogP contribution in [0.15, 0.2) is 65.6 Å². The van der Waals surface area contributed by atoms with Crippen molar-refractivity contribution in [3.05, 3.63) is 81.7 Å². The summed E-state index contributed by atoms with van der Waals surface area (Å²) in [5.41, 5.74) is 8.54. The maximum absolute atomic E-state index is 12.3. The highest BCUT2D eigenvalue weighted by molar-refractivity contribution is 6.31. The van der Waals surface area contributed by atoms with Crippen LogP contribution in [-0.2, 0) is 13.1 Å². The largest absolute Gasteiger partial charge is 0.497 e. The molecule has 158 valence electrons. The molecule has 2 N–H and O–H groups in total. The molecule has 0 spiro atoms. The van der Waals surface area contributed by atoms with Gasteiger partial charge >= 0.3 is 0 Å². The lowest BCUT2D eigenvalue weighted by atomic mass is 10.1. The van der Waals surface area contributed by atoms with Gasteiger partial charge in [0.2, 0.25) is 0 Å². The molecule has 2 aromatic heterocycles. The van der Waals surface area contributed by atoms with E-state index in [9.17, 15) is 4.79 Å². The molecule has 31 heavy (non-hydrogen) atoms. The van der Waals surface area contributed by atoms with Gasteiger partial charge in [0.25, 0.3) is 5.56 Å². The van der Waals surface area contributed by atoms with E-state index in [1.54, 1.807) is 31.5 Å². The van der Waals surface area contributed by atoms with Crippen molar-refractivity contribution < 1.29 is 9.47 Å². The summed E-state index contributed by atoms with van der Waals surface area (Å²) in [7, 11) is 1.61. The van der Waals surface area contributed by atoms with Crippen LogP contribution in [0.25, 0.3) is 22.2 Å². The zero-order valence-corrected chi connectivity index (χ0v) is 17.7. The maximum atomic E-state index is 12.3. The SMILES string of the molecule is COc1ccc2c(OCCn3nc(-c4ccc(CN)c(Cl)c4)ccc3=O)ccnc2c1. The third-order valence-electron chi connectivity index (χ3n) is 4.91. The van der Waals surface area contributed by atoms with Gasteiger partial charge in [-0.05, 0) is 35.9 Å². The lowest BCUT2D eigenvalue weighted by Gasteiger charge is -2.11. The molecule has 0 saturated carbocycles. The highest BCUT2D eigenvalue weighted by Crippen LogP contribution is 2.27. The van der Waals surface area contributed by atoms with E-state index >= 15 is 0 Å². The van der Waals surface area contributed by atoms with Gasteiger partial charge in [-0.2, -0.15) is 5.10 Å². The number of aromatic nitrogens is 3. The smallest absolute Gasteiger partial charge is 0.266 e. The Hall–Kier alpha value is -3.42. The molecule has 0 bridgehead atoms. The molecule has 4 rings (SSSR count). The van der Waals surface area contributed by atoms with E-state index in [4.69, 9.17) is 26.8 Å². The van der Waals surface area contributed by atoms with Gasteiger partial charge in [-0.25, -0.2) is 4.68 Å². The fourth-order valence-electron chi connectivity index (χ4n) is 3.23. The number of benzene rings is 2. The first-order valence-corrected chi connectivity index (χ1v) is 10.1. The zero-order valence-electron chi connectivity index (χ0n) is 16.9. The minimum absolute atomic E-state index is 0.207. The van der Waals surface area contributed by atoms with Gasteiger partial charge in [0.1, 0.15) is 18.1 Å². The van der Waals surface area contributed by atoms with Crippen LogP contribution < -0.4 is 20.8 Å². The van der Waals surface area contributed by atoms with Gasteiger partial charge in [-0.15, -0.1) is 0 Å². The summed E-state index contributed by atoms with van der Waals surface area (Å²) in [6.07, 6.45) is 1.68. The van der Waals surface area contributed by atoms with Crippen LogP contribution in [-0.4, -0.2) is 28.5 Å². The molecule has 0 fully saturated rings. The van der Waals surface area contributed by atoms with Gasteiger partial charge in [0.15, 0.2) is 0 Å². The van der Waals surface area contributed by atoms with E-state index in [2.05, 4.69) is 10.1 Å². The van der Waals surface area contributed by atoms with Crippen molar-refractivity contribution in [3.8, 4) is 22.8 Å². The average molecular weight is 437 g/mol. The molecular formula is C23H21ClN4O3. The summed E-state index contributed by atoms with van der Waals surface area (Å²) in [6.45, 7) is 0.926. The molecule has 7 nitrogen and oxygen atoms in total. The van der Waals surface area contributed by atoms with Crippen molar-refractivity contribution in [2.45, 2.75) is 13.1 Å². The van der Waals surface area contributed by atoms with Crippen LogP contribution in [0.5, 0.6) is 11.5 Å². The highest BCUT2D eigenvalue weighted by atomic mass is 35.5. The standard InChI is InChI=1S/C23H21ClN4O3/c1-30-17-4-5-18-21(13-17)26-9-8-22(18)31-11-10-28-23(29)7-6-20(27-28)15-2-3-16(14-25)19(24)12-15/h2-9,12-13H,10-11,14,25H2,1H3. The van der Waals surface area contributed by atoms with Crippen molar-refractivity contribution >= 4 is 22.5 Å². The number of hydrogen-bond donors (Lipinski definition) is 1. The number of rotatable bonds is 7. The number of nitrogens with two attached hydrogens (primary N) is 1. The molecular weight excluding hydrogens is 416 g/mol. The van der Waals surface area contributed by atoms with Crippen LogP contribution in [0.2, 0.25) is 5.02 Å². The molecule has 4 aromatic rings. The molecule has 8 heteroatoms. The van der Waals surface area contributed by atoms with Gasteiger partial charge in [0, 0.05) is 40.8 Å². The molecule has 2 aromatic carbocycles. The van der Waals surface area contributed by atoms with E-state index in [1.165, 1.54) is 10.7 Å². The van der Waals surface area contributed by atoms with E-state index in [-0.39, 0.29) is 12.2 Å². The molecule has 0 aliphatic heterocycles. The van der Waals surface area contributed by atoms with E-state index in [0.29, 0.717) is 29.6 Å². The first-order chi connectivity index (χ1) is 15.1. The second-order valence-electron chi connectivity index (χ2n) is 6.83. The van der Waals surface area contributed by atoms with Crippen LogP contribution in [0.3, 0.4) is 0 Å². The monoisotopic (exact) mass is 436 g/mol. The number of fused-ring (bicyclic) bond motifs is 1. The van der Waals surface area contributed by atoms with Crippen molar-refractivity contribution in [3.63, 3.8) is 0 Å². The number of nitrogens with zero attached hydrogens (tertiary/aromatic N) is 3. The van der Waals surface area contributed by atoms with E-state index in [1.807, 2.05) is 30.3 Å². The molecule has 0 unspecified atom stereocenters. The number of hydrogen-bond acceptors (Lipinski definition) is 6. The number of ether oxygens (including phenoxy) is 2. The topological polar surface area (TPSA) is 92.3 Å². The number of pyridine rings is 1. The third kappa shape index (κ3) is 4.52. The highest BCUT2D eigenvalue weighted by Gasteiger charge is 2.08. The van der Waals surface area contributed by atoms with E-state index in [0.717, 1.165) is 27.8 Å². The molecule has 0 atom stereocenters. The number of halogens is 1. The quantitative estimate of drug-likeness (QED) is 0.475. The normalized spacial score (nSPS) is 10.9.